The third-order valence-electron chi connectivity index (χ3n) is 2.87. The van der Waals surface area contributed by atoms with Crippen LogP contribution in [0.15, 0.2) is 53.4 Å². The van der Waals surface area contributed by atoms with Crippen molar-refractivity contribution in [3.8, 4) is 11.5 Å². The Balaban J connectivity index is 2.29. The Morgan fingerprint density at radius 3 is 2.39 bits per heavy atom. The molecule has 6 nitrogen and oxygen atoms in total. The van der Waals surface area contributed by atoms with E-state index >= 15 is 0 Å². The second-order valence-corrected chi connectivity index (χ2v) is 6.21. The lowest BCUT2D eigenvalue weighted by atomic mass is 10.2. The molecule has 0 aliphatic rings. The van der Waals surface area contributed by atoms with Crippen LogP contribution in [0.1, 0.15) is 23.7 Å². The van der Waals surface area contributed by atoms with E-state index in [0.29, 0.717) is 6.42 Å². The molecule has 23 heavy (non-hydrogen) atoms. The van der Waals surface area contributed by atoms with Gasteiger partial charge in [0.2, 0.25) is 0 Å². The number of ether oxygens (including phenoxy) is 1. The summed E-state index contributed by atoms with van der Waals surface area (Å²) in [4.78, 5) is 11.8. The minimum atomic E-state index is -4.13. The Hall–Kier alpha value is -2.54. The van der Waals surface area contributed by atoms with Crippen molar-refractivity contribution in [2.24, 2.45) is 0 Å². The lowest BCUT2D eigenvalue weighted by molar-refractivity contribution is 0.0503. The standard InChI is InChI=1S/C16H16O6S/c1-2-11-21-16(18)14-5-3-4-6-15(14)22-23(19,20)13-9-7-12(17)8-10-13/h3-10,17H,2,11H2,1H3. The first-order valence-electron chi connectivity index (χ1n) is 6.93. The van der Waals surface area contributed by atoms with Crippen LogP contribution in [0.5, 0.6) is 11.5 Å². The zero-order valence-electron chi connectivity index (χ0n) is 12.4. The van der Waals surface area contributed by atoms with Gasteiger partial charge in [-0.05, 0) is 42.8 Å². The second kappa shape index (κ2) is 7.15. The van der Waals surface area contributed by atoms with Crippen molar-refractivity contribution in [2.45, 2.75) is 18.2 Å². The largest absolute Gasteiger partial charge is 0.508 e. The van der Waals surface area contributed by atoms with Gasteiger partial charge in [0.05, 0.1) is 6.61 Å². The molecule has 0 aromatic heterocycles. The third-order valence-corrected chi connectivity index (χ3v) is 4.12. The first kappa shape index (κ1) is 16.8. The Kier molecular flexibility index (Phi) is 5.23. The molecular formula is C16H16O6S. The van der Waals surface area contributed by atoms with Crippen LogP contribution in [-0.2, 0) is 14.9 Å². The van der Waals surface area contributed by atoms with E-state index in [1.54, 1.807) is 12.1 Å². The van der Waals surface area contributed by atoms with Crippen LogP contribution >= 0.6 is 0 Å². The van der Waals surface area contributed by atoms with Crippen LogP contribution in [0.2, 0.25) is 0 Å². The van der Waals surface area contributed by atoms with E-state index in [9.17, 15) is 18.3 Å². The van der Waals surface area contributed by atoms with E-state index in [2.05, 4.69) is 0 Å². The summed E-state index contributed by atoms with van der Waals surface area (Å²) in [6.45, 7) is 2.09. The van der Waals surface area contributed by atoms with Gasteiger partial charge < -0.3 is 14.0 Å². The topological polar surface area (TPSA) is 89.9 Å². The zero-order valence-corrected chi connectivity index (χ0v) is 13.2. The van der Waals surface area contributed by atoms with Gasteiger partial charge in [-0.2, -0.15) is 8.42 Å². The van der Waals surface area contributed by atoms with E-state index in [0.717, 1.165) is 0 Å². The maximum absolute atomic E-state index is 12.2. The predicted octanol–water partition coefficient (Wildman–Crippen LogP) is 2.73. The molecule has 7 heteroatoms. The first-order valence-corrected chi connectivity index (χ1v) is 8.34. The summed E-state index contributed by atoms with van der Waals surface area (Å²) < 4.78 is 34.5. The van der Waals surface area contributed by atoms with Crippen LogP contribution in [0.3, 0.4) is 0 Å². The number of hydrogen-bond donors (Lipinski definition) is 1. The molecule has 0 saturated heterocycles. The summed E-state index contributed by atoms with van der Waals surface area (Å²) >= 11 is 0. The lowest BCUT2D eigenvalue weighted by Crippen LogP contribution is -2.13. The molecule has 0 aliphatic carbocycles. The molecule has 0 fully saturated rings. The van der Waals surface area contributed by atoms with Gasteiger partial charge in [-0.25, -0.2) is 4.79 Å². The Bertz CT molecular complexity index is 780. The van der Waals surface area contributed by atoms with Gasteiger partial charge >= 0.3 is 16.1 Å². The van der Waals surface area contributed by atoms with Gasteiger partial charge in [-0.1, -0.05) is 19.1 Å². The van der Waals surface area contributed by atoms with Crippen LogP contribution in [0.4, 0.5) is 0 Å². The van der Waals surface area contributed by atoms with Crippen LogP contribution < -0.4 is 4.18 Å². The minimum absolute atomic E-state index is 0.0308. The Morgan fingerprint density at radius 2 is 1.74 bits per heavy atom. The number of para-hydroxylation sites is 1. The maximum atomic E-state index is 12.2. The van der Waals surface area contributed by atoms with Crippen molar-refractivity contribution in [3.05, 3.63) is 54.1 Å². The first-order chi connectivity index (χ1) is 10.9. The molecular weight excluding hydrogens is 320 g/mol. The third kappa shape index (κ3) is 4.23. The van der Waals surface area contributed by atoms with E-state index in [-0.39, 0.29) is 28.6 Å². The highest BCUT2D eigenvalue weighted by molar-refractivity contribution is 7.87. The number of phenolic OH excluding ortho intramolecular Hbond substituents is 1. The molecule has 0 heterocycles. The maximum Gasteiger partial charge on any atom is 0.341 e. The number of rotatable bonds is 6. The van der Waals surface area contributed by atoms with Gasteiger partial charge in [0, 0.05) is 0 Å². The average molecular weight is 336 g/mol. The Labute approximate surface area is 134 Å². The van der Waals surface area contributed by atoms with Gasteiger partial charge in [0.15, 0.2) is 5.75 Å². The number of hydrogen-bond acceptors (Lipinski definition) is 6. The van der Waals surface area contributed by atoms with Crippen molar-refractivity contribution in [1.82, 2.24) is 0 Å². The Morgan fingerprint density at radius 1 is 1.09 bits per heavy atom. The van der Waals surface area contributed by atoms with E-state index in [4.69, 9.17) is 8.92 Å². The average Bonchev–Trinajstić information content (AvgIpc) is 2.53. The van der Waals surface area contributed by atoms with E-state index < -0.39 is 16.1 Å². The summed E-state index contributed by atoms with van der Waals surface area (Å²) in [6.07, 6.45) is 0.653. The number of benzene rings is 2. The summed E-state index contributed by atoms with van der Waals surface area (Å²) in [7, 11) is -4.13. The van der Waals surface area contributed by atoms with Gasteiger partial charge in [0.1, 0.15) is 16.2 Å². The SMILES string of the molecule is CCCOC(=O)c1ccccc1OS(=O)(=O)c1ccc(O)cc1. The molecule has 1 N–H and O–H groups in total. The zero-order chi connectivity index (χ0) is 16.9. The fourth-order valence-corrected chi connectivity index (χ4v) is 2.71. The summed E-state index contributed by atoms with van der Waals surface area (Å²) in [5.41, 5.74) is 0.0308. The number of carbonyl (C=O) groups is 1. The van der Waals surface area contributed by atoms with Crippen molar-refractivity contribution in [2.75, 3.05) is 6.61 Å². The van der Waals surface area contributed by atoms with Gasteiger partial charge in [0.25, 0.3) is 0 Å². The molecule has 0 amide bonds. The molecule has 2 rings (SSSR count). The van der Waals surface area contributed by atoms with Crippen LogP contribution in [0, 0.1) is 0 Å². The van der Waals surface area contributed by atoms with E-state index in [1.807, 2.05) is 6.92 Å². The molecule has 0 bridgehead atoms. The highest BCUT2D eigenvalue weighted by Gasteiger charge is 2.21. The quantitative estimate of drug-likeness (QED) is 0.644. The molecule has 2 aromatic carbocycles. The normalized spacial score (nSPS) is 11.0. The summed E-state index contributed by atoms with van der Waals surface area (Å²) in [6, 6.07) is 10.8. The molecule has 0 aliphatic heterocycles. The lowest BCUT2D eigenvalue weighted by Gasteiger charge is -2.11. The van der Waals surface area contributed by atoms with E-state index in [1.165, 1.54) is 36.4 Å². The number of aromatic hydroxyl groups is 1. The highest BCUT2D eigenvalue weighted by Crippen LogP contribution is 2.24. The number of carbonyl (C=O) groups excluding carboxylic acids is 1. The fourth-order valence-electron chi connectivity index (χ4n) is 1.76. The van der Waals surface area contributed by atoms with Crippen molar-refractivity contribution in [3.63, 3.8) is 0 Å². The fraction of sp³-hybridized carbons (Fsp3) is 0.188. The molecule has 2 aromatic rings. The van der Waals surface area contributed by atoms with Gasteiger partial charge in [-0.15, -0.1) is 0 Å². The summed E-state index contributed by atoms with van der Waals surface area (Å²) in [5, 5.41) is 9.21. The molecule has 0 unspecified atom stereocenters. The smallest absolute Gasteiger partial charge is 0.341 e. The van der Waals surface area contributed by atoms with Gasteiger partial charge in [-0.3, -0.25) is 0 Å². The number of esters is 1. The minimum Gasteiger partial charge on any atom is -0.508 e. The molecule has 0 radical (unpaired) electrons. The van der Waals surface area contributed by atoms with Crippen molar-refractivity contribution in [1.29, 1.82) is 0 Å². The van der Waals surface area contributed by atoms with Crippen LogP contribution in [-0.4, -0.2) is 26.1 Å². The number of phenols is 1. The molecule has 0 saturated carbocycles. The molecule has 0 spiro atoms. The predicted molar refractivity (Wildman–Crippen MR) is 82.9 cm³/mol. The van der Waals surface area contributed by atoms with Crippen molar-refractivity contribution < 1.29 is 27.2 Å². The second-order valence-electron chi connectivity index (χ2n) is 4.66. The summed E-state index contributed by atoms with van der Waals surface area (Å²) in [5.74, 6) is -0.822. The monoisotopic (exact) mass is 336 g/mol. The molecule has 122 valence electrons. The highest BCUT2D eigenvalue weighted by atomic mass is 32.2. The molecule has 0 atom stereocenters. The van der Waals surface area contributed by atoms with Crippen LogP contribution in [0.25, 0.3) is 0 Å². The van der Waals surface area contributed by atoms with Crippen molar-refractivity contribution >= 4 is 16.1 Å².